The van der Waals surface area contributed by atoms with Gasteiger partial charge in [-0.1, -0.05) is 39.0 Å². The van der Waals surface area contributed by atoms with Crippen LogP contribution in [0.25, 0.3) is 0 Å². The quantitative estimate of drug-likeness (QED) is 0.607. The predicted molar refractivity (Wildman–Crippen MR) is 94.3 cm³/mol. The Hall–Kier alpha value is -0.730. The van der Waals surface area contributed by atoms with Crippen LogP contribution in [0.3, 0.4) is 0 Å². The van der Waals surface area contributed by atoms with Gasteiger partial charge in [0.1, 0.15) is 0 Å². The molecule has 3 nitrogen and oxygen atoms in total. The fraction of sp³-hybridized carbons (Fsp3) is 0.947. The molecule has 2 unspecified atom stereocenters. The summed E-state index contributed by atoms with van der Waals surface area (Å²) in [6, 6.07) is 1.23. The van der Waals surface area contributed by atoms with E-state index < -0.39 is 0 Å². The number of likely N-dealkylation sites (tertiary alicyclic amines) is 1. The summed E-state index contributed by atoms with van der Waals surface area (Å²) < 4.78 is 0. The Labute approximate surface area is 136 Å². The largest absolute Gasteiger partial charge is 0.353 e. The summed E-state index contributed by atoms with van der Waals surface area (Å²) in [5.74, 6) is 2.02. The molecular formula is C19H35N3. The molecule has 1 saturated heterocycles. The second-order valence-corrected chi connectivity index (χ2v) is 7.81. The monoisotopic (exact) mass is 305 g/mol. The zero-order valence-corrected chi connectivity index (χ0v) is 14.5. The van der Waals surface area contributed by atoms with Crippen LogP contribution in [0.2, 0.25) is 0 Å². The van der Waals surface area contributed by atoms with Gasteiger partial charge in [0.25, 0.3) is 0 Å². The fourth-order valence-corrected chi connectivity index (χ4v) is 4.39. The summed E-state index contributed by atoms with van der Waals surface area (Å²) in [5.41, 5.74) is 0. The van der Waals surface area contributed by atoms with Crippen molar-refractivity contribution in [1.29, 1.82) is 0 Å². The molecule has 1 aliphatic heterocycles. The van der Waals surface area contributed by atoms with Crippen LogP contribution >= 0.6 is 0 Å². The molecule has 0 bridgehead atoms. The van der Waals surface area contributed by atoms with E-state index in [0.717, 1.165) is 5.92 Å². The summed E-state index contributed by atoms with van der Waals surface area (Å²) in [5, 5.41) is 3.87. The summed E-state index contributed by atoms with van der Waals surface area (Å²) in [7, 11) is 0. The van der Waals surface area contributed by atoms with Crippen molar-refractivity contribution in [3.8, 4) is 0 Å². The number of piperidine rings is 1. The van der Waals surface area contributed by atoms with Gasteiger partial charge in [-0.2, -0.15) is 0 Å². The van der Waals surface area contributed by atoms with Crippen LogP contribution in [-0.2, 0) is 0 Å². The highest BCUT2D eigenvalue weighted by Gasteiger charge is 2.25. The number of hydrogen-bond acceptors (Lipinski definition) is 1. The lowest BCUT2D eigenvalue weighted by molar-refractivity contribution is 0.298. The van der Waals surface area contributed by atoms with Crippen LogP contribution in [0, 0.1) is 5.92 Å². The molecule has 22 heavy (non-hydrogen) atoms. The van der Waals surface area contributed by atoms with Crippen LogP contribution in [0.15, 0.2) is 4.99 Å². The highest BCUT2D eigenvalue weighted by atomic mass is 15.3. The third-order valence-electron chi connectivity index (χ3n) is 5.95. The number of guanidine groups is 1. The number of aliphatic imine (C=N–C) groups is 1. The Morgan fingerprint density at radius 3 is 2.18 bits per heavy atom. The van der Waals surface area contributed by atoms with Gasteiger partial charge in [0.05, 0.1) is 6.04 Å². The zero-order chi connectivity index (χ0) is 15.2. The van der Waals surface area contributed by atoms with E-state index in [0.29, 0.717) is 12.1 Å². The van der Waals surface area contributed by atoms with Crippen molar-refractivity contribution in [2.45, 2.75) is 96.1 Å². The van der Waals surface area contributed by atoms with Gasteiger partial charge in [-0.3, -0.25) is 0 Å². The average molecular weight is 306 g/mol. The van der Waals surface area contributed by atoms with E-state index in [1.165, 1.54) is 96.1 Å². The lowest BCUT2D eigenvalue weighted by Gasteiger charge is -2.35. The SMILES string of the molecule is CC1CCCCC1N=C(NC1CCCCC1)N1CCCCC1. The van der Waals surface area contributed by atoms with Crippen LogP contribution < -0.4 is 5.32 Å². The number of nitrogens with zero attached hydrogens (tertiary/aromatic N) is 2. The van der Waals surface area contributed by atoms with Gasteiger partial charge in [-0.25, -0.2) is 4.99 Å². The molecule has 1 N–H and O–H groups in total. The first kappa shape index (κ1) is 16.1. The lowest BCUT2D eigenvalue weighted by atomic mass is 9.86. The number of hydrogen-bond donors (Lipinski definition) is 1. The van der Waals surface area contributed by atoms with Crippen LogP contribution in [0.1, 0.15) is 84.0 Å². The highest BCUT2D eigenvalue weighted by Crippen LogP contribution is 2.27. The van der Waals surface area contributed by atoms with Crippen LogP contribution in [0.5, 0.6) is 0 Å². The lowest BCUT2D eigenvalue weighted by Crippen LogP contribution is -2.49. The van der Waals surface area contributed by atoms with Gasteiger partial charge >= 0.3 is 0 Å². The van der Waals surface area contributed by atoms with E-state index in [-0.39, 0.29) is 0 Å². The minimum absolute atomic E-state index is 0.557. The van der Waals surface area contributed by atoms with Gasteiger partial charge in [0.2, 0.25) is 0 Å². The Morgan fingerprint density at radius 2 is 1.45 bits per heavy atom. The summed E-state index contributed by atoms with van der Waals surface area (Å²) >= 11 is 0. The Kier molecular flexibility index (Phi) is 6.03. The third-order valence-corrected chi connectivity index (χ3v) is 5.95. The van der Waals surface area contributed by atoms with E-state index in [4.69, 9.17) is 4.99 Å². The topological polar surface area (TPSA) is 27.6 Å². The molecule has 126 valence electrons. The number of rotatable bonds is 2. The predicted octanol–water partition coefficient (Wildman–Crippen LogP) is 4.33. The smallest absolute Gasteiger partial charge is 0.194 e. The first-order valence-electron chi connectivity index (χ1n) is 9.92. The molecule has 3 rings (SSSR count). The Morgan fingerprint density at radius 1 is 0.818 bits per heavy atom. The van der Waals surface area contributed by atoms with Gasteiger partial charge in [-0.15, -0.1) is 0 Å². The van der Waals surface area contributed by atoms with Crippen molar-refractivity contribution in [2.75, 3.05) is 13.1 Å². The maximum atomic E-state index is 5.27. The maximum Gasteiger partial charge on any atom is 0.194 e. The molecule has 0 amide bonds. The standard InChI is InChI=1S/C19H35N3/c1-16-10-6-7-13-18(16)21-19(22-14-8-3-9-15-22)20-17-11-4-2-5-12-17/h16-18H,2-15H2,1H3,(H,20,21). The van der Waals surface area contributed by atoms with Crippen molar-refractivity contribution < 1.29 is 0 Å². The van der Waals surface area contributed by atoms with Gasteiger partial charge in [0, 0.05) is 19.1 Å². The van der Waals surface area contributed by atoms with Gasteiger partial charge in [-0.05, 0) is 50.9 Å². The Balaban J connectivity index is 1.68. The molecular weight excluding hydrogens is 270 g/mol. The summed E-state index contributed by atoms with van der Waals surface area (Å²) in [4.78, 5) is 7.82. The second-order valence-electron chi connectivity index (χ2n) is 7.81. The molecule has 0 aromatic carbocycles. The van der Waals surface area contributed by atoms with Gasteiger partial charge in [0.15, 0.2) is 5.96 Å². The van der Waals surface area contributed by atoms with E-state index in [9.17, 15) is 0 Å². The van der Waals surface area contributed by atoms with Crippen LogP contribution in [-0.4, -0.2) is 36.0 Å². The van der Waals surface area contributed by atoms with Crippen molar-refractivity contribution >= 4 is 5.96 Å². The fourth-order valence-electron chi connectivity index (χ4n) is 4.39. The first-order chi connectivity index (χ1) is 10.8. The molecule has 2 saturated carbocycles. The third kappa shape index (κ3) is 4.39. The maximum absolute atomic E-state index is 5.27. The Bertz CT molecular complexity index is 354. The average Bonchev–Trinajstić information content (AvgIpc) is 2.58. The normalized spacial score (nSPS) is 32.0. The van der Waals surface area contributed by atoms with E-state index in [1.54, 1.807) is 0 Å². The zero-order valence-electron chi connectivity index (χ0n) is 14.5. The summed E-state index contributed by atoms with van der Waals surface area (Å²) in [6.45, 7) is 4.82. The minimum Gasteiger partial charge on any atom is -0.353 e. The molecule has 2 aliphatic carbocycles. The molecule has 3 aliphatic rings. The van der Waals surface area contributed by atoms with Crippen molar-refractivity contribution in [3.63, 3.8) is 0 Å². The summed E-state index contributed by atoms with van der Waals surface area (Å²) in [6.07, 6.45) is 16.4. The highest BCUT2D eigenvalue weighted by molar-refractivity contribution is 5.80. The van der Waals surface area contributed by atoms with Crippen LogP contribution in [0.4, 0.5) is 0 Å². The molecule has 0 aromatic heterocycles. The molecule has 0 spiro atoms. The minimum atomic E-state index is 0.557. The second kappa shape index (κ2) is 8.21. The van der Waals surface area contributed by atoms with E-state index in [1.807, 2.05) is 0 Å². The van der Waals surface area contributed by atoms with E-state index >= 15 is 0 Å². The van der Waals surface area contributed by atoms with Crippen molar-refractivity contribution in [3.05, 3.63) is 0 Å². The molecule has 3 heteroatoms. The van der Waals surface area contributed by atoms with Gasteiger partial charge < -0.3 is 10.2 Å². The molecule has 0 aromatic rings. The molecule has 2 atom stereocenters. The molecule has 3 fully saturated rings. The van der Waals surface area contributed by atoms with Crippen molar-refractivity contribution in [1.82, 2.24) is 10.2 Å². The first-order valence-corrected chi connectivity index (χ1v) is 9.92. The van der Waals surface area contributed by atoms with Crippen molar-refractivity contribution in [2.24, 2.45) is 10.9 Å². The molecule has 1 heterocycles. The number of nitrogens with one attached hydrogen (secondary N) is 1. The molecule has 0 radical (unpaired) electrons. The van der Waals surface area contributed by atoms with E-state index in [2.05, 4.69) is 17.1 Å².